The van der Waals surface area contributed by atoms with E-state index in [1.165, 1.54) is 12.1 Å². The van der Waals surface area contributed by atoms with Gasteiger partial charge in [0.25, 0.3) is 5.69 Å². The third-order valence-electron chi connectivity index (χ3n) is 4.03. The molecule has 0 heterocycles. The number of non-ortho nitro benzene ring substituents is 1. The van der Waals surface area contributed by atoms with Crippen molar-refractivity contribution in [3.63, 3.8) is 0 Å². The van der Waals surface area contributed by atoms with Gasteiger partial charge in [-0.05, 0) is 49.6 Å². The predicted molar refractivity (Wildman–Crippen MR) is 116 cm³/mol. The first kappa shape index (κ1) is 22.0. The summed E-state index contributed by atoms with van der Waals surface area (Å²) < 4.78 is 5.95. The minimum atomic E-state index is -0.410. The normalized spacial score (nSPS) is 10.8. The van der Waals surface area contributed by atoms with Gasteiger partial charge in [-0.1, -0.05) is 54.0 Å². The molecule has 148 valence electrons. The van der Waals surface area contributed by atoms with E-state index in [-0.39, 0.29) is 11.8 Å². The van der Waals surface area contributed by atoms with Gasteiger partial charge in [0, 0.05) is 30.5 Å². The number of nitro groups is 1. The summed E-state index contributed by atoms with van der Waals surface area (Å²) in [6.45, 7) is 6.17. The molecule has 4 nitrogen and oxygen atoms in total. The van der Waals surface area contributed by atoms with Crippen molar-refractivity contribution in [2.75, 3.05) is 0 Å². The maximum absolute atomic E-state index is 10.8. The number of allylic oxidation sites excluding steroid dienone is 1. The SMILES string of the molecule is C=C(C)CC#CC(CCCC#Cc1ccccc1)OCc1ccc([N+](=O)[O-])cc1. The van der Waals surface area contributed by atoms with Gasteiger partial charge >= 0.3 is 0 Å². The largest absolute Gasteiger partial charge is 0.361 e. The minimum Gasteiger partial charge on any atom is -0.361 e. The number of ether oxygens (including phenoxy) is 1. The van der Waals surface area contributed by atoms with Gasteiger partial charge in [0.05, 0.1) is 11.5 Å². The van der Waals surface area contributed by atoms with Crippen LogP contribution in [0.5, 0.6) is 0 Å². The molecule has 0 amide bonds. The van der Waals surface area contributed by atoms with Crippen LogP contribution >= 0.6 is 0 Å². The maximum atomic E-state index is 10.8. The van der Waals surface area contributed by atoms with Gasteiger partial charge < -0.3 is 4.74 Å². The highest BCUT2D eigenvalue weighted by Gasteiger charge is 2.08. The van der Waals surface area contributed by atoms with Crippen LogP contribution < -0.4 is 0 Å². The fourth-order valence-corrected chi connectivity index (χ4v) is 2.49. The summed E-state index contributed by atoms with van der Waals surface area (Å²) in [6, 6.07) is 16.3. The van der Waals surface area contributed by atoms with Crippen molar-refractivity contribution >= 4 is 5.69 Å². The summed E-state index contributed by atoms with van der Waals surface area (Å²) in [4.78, 5) is 10.3. The Bertz CT molecular complexity index is 925. The van der Waals surface area contributed by atoms with E-state index in [0.717, 1.165) is 36.0 Å². The second-order valence-electron chi connectivity index (χ2n) is 6.74. The Morgan fingerprint density at radius 3 is 2.52 bits per heavy atom. The van der Waals surface area contributed by atoms with E-state index < -0.39 is 4.92 Å². The molecule has 0 spiro atoms. The summed E-state index contributed by atoms with van der Waals surface area (Å²) in [5.41, 5.74) is 2.98. The Kier molecular flexibility index (Phi) is 9.22. The molecule has 29 heavy (non-hydrogen) atoms. The van der Waals surface area contributed by atoms with Gasteiger partial charge in [-0.25, -0.2) is 0 Å². The first-order valence-electron chi connectivity index (χ1n) is 9.56. The van der Waals surface area contributed by atoms with Crippen molar-refractivity contribution < 1.29 is 9.66 Å². The first-order chi connectivity index (χ1) is 14.0. The highest BCUT2D eigenvalue weighted by molar-refractivity contribution is 5.33. The predicted octanol–water partition coefficient (Wildman–Crippen LogP) is 5.67. The molecule has 1 unspecified atom stereocenters. The van der Waals surface area contributed by atoms with Crippen LogP contribution in [0.25, 0.3) is 0 Å². The maximum Gasteiger partial charge on any atom is 0.269 e. The lowest BCUT2D eigenvalue weighted by Crippen LogP contribution is -2.10. The van der Waals surface area contributed by atoms with Gasteiger partial charge in [0.15, 0.2) is 0 Å². The molecular formula is C25H25NO3. The van der Waals surface area contributed by atoms with Gasteiger partial charge in [0.2, 0.25) is 0 Å². The lowest BCUT2D eigenvalue weighted by molar-refractivity contribution is -0.384. The summed E-state index contributed by atoms with van der Waals surface area (Å²) >= 11 is 0. The highest BCUT2D eigenvalue weighted by atomic mass is 16.6. The number of benzene rings is 2. The van der Waals surface area contributed by atoms with Gasteiger partial charge in [-0.2, -0.15) is 0 Å². The lowest BCUT2D eigenvalue weighted by atomic mass is 10.1. The monoisotopic (exact) mass is 387 g/mol. The lowest BCUT2D eigenvalue weighted by Gasteiger charge is -2.12. The van der Waals surface area contributed by atoms with Crippen LogP contribution in [0.2, 0.25) is 0 Å². The van der Waals surface area contributed by atoms with Crippen LogP contribution in [0.4, 0.5) is 5.69 Å². The first-order valence-corrected chi connectivity index (χ1v) is 9.56. The van der Waals surface area contributed by atoms with E-state index in [1.807, 2.05) is 37.3 Å². The Morgan fingerprint density at radius 1 is 1.14 bits per heavy atom. The van der Waals surface area contributed by atoms with E-state index >= 15 is 0 Å². The van der Waals surface area contributed by atoms with Crippen molar-refractivity contribution in [2.24, 2.45) is 0 Å². The summed E-state index contributed by atoms with van der Waals surface area (Å²) in [7, 11) is 0. The molecule has 0 radical (unpaired) electrons. The number of rotatable bonds is 8. The molecule has 1 atom stereocenters. The third kappa shape index (κ3) is 8.93. The molecule has 0 aliphatic carbocycles. The molecule has 0 saturated heterocycles. The second-order valence-corrected chi connectivity index (χ2v) is 6.74. The van der Waals surface area contributed by atoms with Crippen LogP contribution in [0, 0.1) is 33.8 Å². The zero-order valence-electron chi connectivity index (χ0n) is 16.7. The average molecular weight is 387 g/mol. The number of hydrogen-bond donors (Lipinski definition) is 0. The van der Waals surface area contributed by atoms with Crippen LogP contribution in [0.3, 0.4) is 0 Å². The van der Waals surface area contributed by atoms with Crippen molar-refractivity contribution in [1.29, 1.82) is 0 Å². The summed E-state index contributed by atoms with van der Waals surface area (Å²) in [5, 5.41) is 10.8. The Balaban J connectivity index is 1.88. The molecular weight excluding hydrogens is 362 g/mol. The molecule has 4 heteroatoms. The van der Waals surface area contributed by atoms with Crippen LogP contribution in [-0.2, 0) is 11.3 Å². The molecule has 2 aromatic carbocycles. The standard InChI is InChI=1S/C25H25NO3/c1-21(2)10-9-15-25(14-8-4-7-13-22-11-5-3-6-12-22)29-20-23-16-18-24(19-17-23)26(27)28/h3,5-6,11-12,16-19,25H,1,4,8,10,14,20H2,2H3. The number of nitro benzene ring substituents is 1. The molecule has 0 N–H and O–H groups in total. The summed E-state index contributed by atoms with van der Waals surface area (Å²) in [5.74, 6) is 12.6. The van der Waals surface area contributed by atoms with Crippen molar-refractivity contribution in [3.05, 3.63) is 88.0 Å². The van der Waals surface area contributed by atoms with Crippen LogP contribution in [0.1, 0.15) is 43.7 Å². The molecule has 0 aliphatic rings. The Morgan fingerprint density at radius 2 is 1.86 bits per heavy atom. The quantitative estimate of drug-likeness (QED) is 0.193. The topological polar surface area (TPSA) is 52.4 Å². The van der Waals surface area contributed by atoms with E-state index in [4.69, 9.17) is 4.74 Å². The second kappa shape index (κ2) is 12.2. The van der Waals surface area contributed by atoms with E-state index in [1.54, 1.807) is 12.1 Å². The van der Waals surface area contributed by atoms with Gasteiger partial charge in [-0.15, -0.1) is 0 Å². The molecule has 0 aliphatic heterocycles. The highest BCUT2D eigenvalue weighted by Crippen LogP contribution is 2.14. The van der Waals surface area contributed by atoms with Crippen molar-refractivity contribution in [1.82, 2.24) is 0 Å². The zero-order chi connectivity index (χ0) is 20.9. The molecule has 2 aromatic rings. The van der Waals surface area contributed by atoms with Crippen molar-refractivity contribution in [3.8, 4) is 23.7 Å². The zero-order valence-corrected chi connectivity index (χ0v) is 16.7. The van der Waals surface area contributed by atoms with Crippen LogP contribution in [-0.4, -0.2) is 11.0 Å². The molecule has 0 aromatic heterocycles. The van der Waals surface area contributed by atoms with Gasteiger partial charge in [0.1, 0.15) is 6.10 Å². The number of nitrogens with zero attached hydrogens (tertiary/aromatic N) is 1. The van der Waals surface area contributed by atoms with E-state index in [9.17, 15) is 10.1 Å². The third-order valence-corrected chi connectivity index (χ3v) is 4.03. The Labute approximate surface area is 172 Å². The number of unbranched alkanes of at least 4 members (excludes halogenated alkanes) is 1. The van der Waals surface area contributed by atoms with Crippen molar-refractivity contribution in [2.45, 2.75) is 45.3 Å². The molecule has 0 saturated carbocycles. The molecule has 0 fully saturated rings. The molecule has 0 bridgehead atoms. The Hall–Kier alpha value is -3.34. The average Bonchev–Trinajstić information content (AvgIpc) is 2.72. The fourth-order valence-electron chi connectivity index (χ4n) is 2.49. The molecule has 2 rings (SSSR count). The summed E-state index contributed by atoms with van der Waals surface area (Å²) in [6.07, 6.45) is 2.87. The fraction of sp³-hybridized carbons (Fsp3) is 0.280. The van der Waals surface area contributed by atoms with Gasteiger partial charge in [-0.3, -0.25) is 10.1 Å². The van der Waals surface area contributed by atoms with E-state index in [0.29, 0.717) is 13.0 Å². The smallest absolute Gasteiger partial charge is 0.269 e. The number of hydrogen-bond acceptors (Lipinski definition) is 3. The van der Waals surface area contributed by atoms with Crippen LogP contribution in [0.15, 0.2) is 66.7 Å². The van der Waals surface area contributed by atoms with E-state index in [2.05, 4.69) is 30.3 Å². The minimum absolute atomic E-state index is 0.0727.